The summed E-state index contributed by atoms with van der Waals surface area (Å²) >= 11 is 6.07. The van der Waals surface area contributed by atoms with E-state index in [0.29, 0.717) is 17.6 Å². The van der Waals surface area contributed by atoms with E-state index in [2.05, 4.69) is 10.4 Å². The topological polar surface area (TPSA) is 46.9 Å². The molecule has 1 heterocycles. The summed E-state index contributed by atoms with van der Waals surface area (Å²) in [5, 5.41) is 8.03. The zero-order valence-corrected chi connectivity index (χ0v) is 11.2. The minimum Gasteiger partial charge on any atom is -0.353 e. The Morgan fingerprint density at radius 2 is 2.24 bits per heavy atom. The number of nitrogens with one attached hydrogen (secondary N) is 1. The van der Waals surface area contributed by atoms with Gasteiger partial charge in [-0.1, -0.05) is 18.5 Å². The molecule has 1 fully saturated rings. The highest BCUT2D eigenvalue weighted by molar-refractivity contribution is 6.31. The van der Waals surface area contributed by atoms with Crippen LogP contribution in [0.25, 0.3) is 0 Å². The highest BCUT2D eigenvalue weighted by atomic mass is 35.5. The first-order chi connectivity index (χ1) is 7.99. The van der Waals surface area contributed by atoms with Crippen molar-refractivity contribution in [3.63, 3.8) is 0 Å². The molecular weight excluding hydrogens is 238 g/mol. The molecule has 2 rings (SSSR count). The third-order valence-electron chi connectivity index (χ3n) is 3.11. The van der Waals surface area contributed by atoms with Crippen molar-refractivity contribution in [3.05, 3.63) is 16.4 Å². The number of hydrogen-bond donors (Lipinski definition) is 1. The Morgan fingerprint density at radius 3 is 2.71 bits per heavy atom. The molecule has 94 valence electrons. The van der Waals surface area contributed by atoms with Gasteiger partial charge in [-0.05, 0) is 26.7 Å². The smallest absolute Gasteiger partial charge is 0.224 e. The van der Waals surface area contributed by atoms with Crippen molar-refractivity contribution in [3.8, 4) is 0 Å². The van der Waals surface area contributed by atoms with E-state index in [1.54, 1.807) is 0 Å². The Balaban J connectivity index is 1.98. The molecule has 0 spiro atoms. The second kappa shape index (κ2) is 4.69. The third-order valence-corrected chi connectivity index (χ3v) is 3.66. The van der Waals surface area contributed by atoms with Gasteiger partial charge in [0.1, 0.15) is 0 Å². The molecule has 17 heavy (non-hydrogen) atoms. The Kier molecular flexibility index (Phi) is 3.43. The van der Waals surface area contributed by atoms with E-state index in [9.17, 15) is 4.79 Å². The molecule has 1 N–H and O–H groups in total. The minimum atomic E-state index is -0.0790. The van der Waals surface area contributed by atoms with Gasteiger partial charge in [-0.15, -0.1) is 0 Å². The van der Waals surface area contributed by atoms with Crippen molar-refractivity contribution in [1.29, 1.82) is 0 Å². The van der Waals surface area contributed by atoms with Gasteiger partial charge in [0.2, 0.25) is 5.91 Å². The highest BCUT2D eigenvalue weighted by Gasteiger charge is 2.26. The molecule has 1 aromatic heterocycles. The monoisotopic (exact) mass is 255 g/mol. The van der Waals surface area contributed by atoms with Crippen LogP contribution in [0, 0.1) is 19.8 Å². The van der Waals surface area contributed by atoms with Gasteiger partial charge in [-0.2, -0.15) is 5.10 Å². The van der Waals surface area contributed by atoms with Crippen molar-refractivity contribution in [2.45, 2.75) is 46.2 Å². The molecule has 1 saturated carbocycles. The number of hydrogen-bond acceptors (Lipinski definition) is 2. The summed E-state index contributed by atoms with van der Waals surface area (Å²) in [6.45, 7) is 6.30. The maximum atomic E-state index is 11.8. The van der Waals surface area contributed by atoms with Gasteiger partial charge in [0.15, 0.2) is 0 Å². The zero-order chi connectivity index (χ0) is 12.6. The number of nitrogens with zero attached hydrogens (tertiary/aromatic N) is 2. The molecule has 1 unspecified atom stereocenters. The van der Waals surface area contributed by atoms with Gasteiger partial charge in [-0.3, -0.25) is 9.48 Å². The summed E-state index contributed by atoms with van der Waals surface area (Å²) in [5.41, 5.74) is 1.74. The van der Waals surface area contributed by atoms with Crippen molar-refractivity contribution >= 4 is 17.5 Å². The predicted octanol–water partition coefficient (Wildman–Crippen LogP) is 2.07. The van der Waals surface area contributed by atoms with E-state index in [1.807, 2.05) is 25.5 Å². The number of carbonyl (C=O) groups excluding carboxylic acids is 1. The normalized spacial score (nSPS) is 16.9. The van der Waals surface area contributed by atoms with Crippen LogP contribution in [-0.2, 0) is 11.3 Å². The molecule has 1 amide bonds. The van der Waals surface area contributed by atoms with Crippen molar-refractivity contribution in [1.82, 2.24) is 15.1 Å². The number of aromatic nitrogens is 2. The summed E-state index contributed by atoms with van der Waals surface area (Å²) in [6.07, 6.45) is 2.23. The van der Waals surface area contributed by atoms with Gasteiger partial charge >= 0.3 is 0 Å². The number of carbonyl (C=O) groups is 1. The molecule has 1 aromatic rings. The molecule has 0 radical (unpaired) electrons. The number of rotatable bonds is 4. The van der Waals surface area contributed by atoms with Crippen molar-refractivity contribution < 1.29 is 4.79 Å². The Labute approximate surface area is 106 Å². The maximum Gasteiger partial charge on any atom is 0.224 e. The fourth-order valence-corrected chi connectivity index (χ4v) is 1.90. The zero-order valence-electron chi connectivity index (χ0n) is 10.5. The van der Waals surface area contributed by atoms with Crippen molar-refractivity contribution in [2.24, 2.45) is 5.92 Å². The standard InChI is InChI=1S/C12H18ClN3O/c1-7(12(17)14-10-4-5-10)6-16-9(3)11(13)8(2)15-16/h7,10H,4-6H2,1-3H3,(H,14,17). The van der Waals surface area contributed by atoms with Gasteiger partial charge < -0.3 is 5.32 Å². The average Bonchev–Trinajstić information content (AvgIpc) is 3.05. The summed E-state index contributed by atoms with van der Waals surface area (Å²) in [7, 11) is 0. The first-order valence-corrected chi connectivity index (χ1v) is 6.36. The van der Waals surface area contributed by atoms with E-state index in [4.69, 9.17) is 11.6 Å². The van der Waals surface area contributed by atoms with E-state index in [-0.39, 0.29) is 11.8 Å². The fraction of sp³-hybridized carbons (Fsp3) is 0.667. The highest BCUT2D eigenvalue weighted by Crippen LogP contribution is 2.21. The molecule has 1 aliphatic carbocycles. The summed E-state index contributed by atoms with van der Waals surface area (Å²) < 4.78 is 1.81. The first-order valence-electron chi connectivity index (χ1n) is 5.99. The lowest BCUT2D eigenvalue weighted by atomic mass is 10.1. The minimum absolute atomic E-state index is 0.0790. The lowest BCUT2D eigenvalue weighted by Gasteiger charge is -2.12. The summed E-state index contributed by atoms with van der Waals surface area (Å²) in [6, 6.07) is 0.411. The lowest BCUT2D eigenvalue weighted by molar-refractivity contribution is -0.125. The first kappa shape index (κ1) is 12.4. The van der Waals surface area contributed by atoms with E-state index < -0.39 is 0 Å². The molecule has 0 saturated heterocycles. The van der Waals surface area contributed by atoms with E-state index in [1.165, 1.54) is 0 Å². The molecule has 0 bridgehead atoms. The van der Waals surface area contributed by atoms with Gasteiger partial charge in [0.05, 0.1) is 28.9 Å². The van der Waals surface area contributed by atoms with Crippen LogP contribution in [0.2, 0.25) is 5.02 Å². The quantitative estimate of drug-likeness (QED) is 0.895. The second-order valence-electron chi connectivity index (χ2n) is 4.85. The van der Waals surface area contributed by atoms with Crippen LogP contribution in [0.5, 0.6) is 0 Å². The molecule has 4 nitrogen and oxygen atoms in total. The number of aryl methyl sites for hydroxylation is 1. The fourth-order valence-electron chi connectivity index (χ4n) is 1.77. The van der Waals surface area contributed by atoms with Crippen LogP contribution >= 0.6 is 11.6 Å². The maximum absolute atomic E-state index is 11.8. The summed E-state index contributed by atoms with van der Waals surface area (Å²) in [4.78, 5) is 11.8. The molecule has 0 aromatic carbocycles. The van der Waals surface area contributed by atoms with E-state index >= 15 is 0 Å². The van der Waals surface area contributed by atoms with Crippen LogP contribution in [0.4, 0.5) is 0 Å². The molecule has 0 aliphatic heterocycles. The van der Waals surface area contributed by atoms with Crippen LogP contribution in [-0.4, -0.2) is 21.7 Å². The Hall–Kier alpha value is -1.03. The number of halogens is 1. The van der Waals surface area contributed by atoms with Gasteiger partial charge in [0.25, 0.3) is 0 Å². The third kappa shape index (κ3) is 2.80. The Bertz CT molecular complexity index is 437. The Morgan fingerprint density at radius 1 is 1.59 bits per heavy atom. The molecular formula is C12H18ClN3O. The molecule has 5 heteroatoms. The second-order valence-corrected chi connectivity index (χ2v) is 5.23. The number of amides is 1. The van der Waals surface area contributed by atoms with E-state index in [0.717, 1.165) is 24.2 Å². The van der Waals surface area contributed by atoms with Crippen molar-refractivity contribution in [2.75, 3.05) is 0 Å². The van der Waals surface area contributed by atoms with Crippen LogP contribution in [0.15, 0.2) is 0 Å². The van der Waals surface area contributed by atoms with Gasteiger partial charge in [0, 0.05) is 6.04 Å². The summed E-state index contributed by atoms with van der Waals surface area (Å²) in [5.74, 6) is 0.0286. The molecule has 1 aliphatic rings. The SMILES string of the molecule is Cc1nn(CC(C)C(=O)NC2CC2)c(C)c1Cl. The predicted molar refractivity (Wildman–Crippen MR) is 67.0 cm³/mol. The van der Waals surface area contributed by atoms with Crippen LogP contribution < -0.4 is 5.32 Å². The largest absolute Gasteiger partial charge is 0.353 e. The van der Waals surface area contributed by atoms with Crippen LogP contribution in [0.1, 0.15) is 31.2 Å². The van der Waals surface area contributed by atoms with Gasteiger partial charge in [-0.25, -0.2) is 0 Å². The van der Waals surface area contributed by atoms with Crippen LogP contribution in [0.3, 0.4) is 0 Å². The molecule has 1 atom stereocenters. The average molecular weight is 256 g/mol. The lowest BCUT2D eigenvalue weighted by Crippen LogP contribution is -2.33.